The lowest BCUT2D eigenvalue weighted by Gasteiger charge is -2.06. The van der Waals surface area contributed by atoms with E-state index in [4.69, 9.17) is 11.6 Å². The summed E-state index contributed by atoms with van der Waals surface area (Å²) in [7, 11) is 0. The van der Waals surface area contributed by atoms with Gasteiger partial charge in [-0.1, -0.05) is 23.7 Å². The summed E-state index contributed by atoms with van der Waals surface area (Å²) in [4.78, 5) is 16.8. The van der Waals surface area contributed by atoms with Gasteiger partial charge in [0.05, 0.1) is 22.8 Å². The number of nitrogens with zero attached hydrogens (tertiary/aromatic N) is 2. The van der Waals surface area contributed by atoms with Crippen LogP contribution in [0.3, 0.4) is 0 Å². The molecule has 0 bridgehead atoms. The second-order valence-electron chi connectivity index (χ2n) is 5.12. The quantitative estimate of drug-likeness (QED) is 0.626. The third-order valence-corrected chi connectivity index (χ3v) is 4.44. The van der Waals surface area contributed by atoms with Crippen molar-refractivity contribution in [1.82, 2.24) is 14.7 Å². The first kappa shape index (κ1) is 16.3. The summed E-state index contributed by atoms with van der Waals surface area (Å²) >= 11 is 8.38. The van der Waals surface area contributed by atoms with Gasteiger partial charge in [-0.2, -0.15) is 0 Å². The maximum Gasteiger partial charge on any atom is 0.226 e. The van der Waals surface area contributed by atoms with Gasteiger partial charge in [0.15, 0.2) is 0 Å². The number of aromatic nitrogens is 2. The van der Waals surface area contributed by atoms with Gasteiger partial charge in [-0.3, -0.25) is 4.79 Å². The molecular weight excluding hydrogens is 425 g/mol. The van der Waals surface area contributed by atoms with Crippen molar-refractivity contribution in [3.63, 3.8) is 0 Å². The number of amides is 1. The molecule has 0 aliphatic heterocycles. The Morgan fingerprint density at radius 1 is 1.26 bits per heavy atom. The number of benzene rings is 1. The zero-order chi connectivity index (χ0) is 16.4. The zero-order valence-corrected chi connectivity index (χ0v) is 15.4. The minimum absolute atomic E-state index is 0.0268. The molecule has 3 aromatic rings. The highest BCUT2D eigenvalue weighted by atomic mass is 127. The van der Waals surface area contributed by atoms with Gasteiger partial charge in [0.1, 0.15) is 5.65 Å². The van der Waals surface area contributed by atoms with E-state index in [0.29, 0.717) is 11.6 Å². The Morgan fingerprint density at radius 2 is 2.00 bits per heavy atom. The summed E-state index contributed by atoms with van der Waals surface area (Å²) in [6.07, 6.45) is 2.06. The van der Waals surface area contributed by atoms with E-state index in [1.807, 2.05) is 41.7 Å². The first-order valence-electron chi connectivity index (χ1n) is 7.27. The maximum atomic E-state index is 12.1. The summed E-state index contributed by atoms with van der Waals surface area (Å²) in [6.45, 7) is 2.51. The monoisotopic (exact) mass is 439 g/mol. The first-order valence-corrected chi connectivity index (χ1v) is 8.73. The van der Waals surface area contributed by atoms with Gasteiger partial charge in [0.25, 0.3) is 0 Å². The van der Waals surface area contributed by atoms with Crippen molar-refractivity contribution in [2.75, 3.05) is 6.54 Å². The Bertz CT molecular complexity index is 858. The Kier molecular flexibility index (Phi) is 4.87. The second kappa shape index (κ2) is 6.88. The highest BCUT2D eigenvalue weighted by Gasteiger charge is 2.17. The van der Waals surface area contributed by atoms with Gasteiger partial charge in [-0.25, -0.2) is 4.98 Å². The van der Waals surface area contributed by atoms with Crippen molar-refractivity contribution >= 4 is 45.7 Å². The van der Waals surface area contributed by atoms with Crippen LogP contribution in [-0.4, -0.2) is 21.8 Å². The molecule has 4 nitrogen and oxygen atoms in total. The number of hydrogen-bond donors (Lipinski definition) is 1. The van der Waals surface area contributed by atoms with E-state index >= 15 is 0 Å². The summed E-state index contributed by atoms with van der Waals surface area (Å²) in [5.41, 5.74) is 3.43. The average Bonchev–Trinajstić information content (AvgIpc) is 2.86. The number of hydrogen-bond acceptors (Lipinski definition) is 2. The van der Waals surface area contributed by atoms with Gasteiger partial charge >= 0.3 is 0 Å². The van der Waals surface area contributed by atoms with Crippen molar-refractivity contribution in [1.29, 1.82) is 0 Å². The lowest BCUT2D eigenvalue weighted by Crippen LogP contribution is -2.25. The van der Waals surface area contributed by atoms with Crippen LogP contribution in [0, 0.1) is 3.57 Å². The third-order valence-electron chi connectivity index (χ3n) is 3.50. The van der Waals surface area contributed by atoms with Crippen molar-refractivity contribution in [3.8, 4) is 11.3 Å². The molecule has 0 aliphatic rings. The molecule has 6 heteroatoms. The van der Waals surface area contributed by atoms with Gasteiger partial charge < -0.3 is 9.72 Å². The highest BCUT2D eigenvalue weighted by molar-refractivity contribution is 14.1. The summed E-state index contributed by atoms with van der Waals surface area (Å²) < 4.78 is 3.05. The molecule has 0 aliphatic carbocycles. The van der Waals surface area contributed by atoms with Crippen LogP contribution in [0.25, 0.3) is 16.9 Å². The fraction of sp³-hybridized carbons (Fsp3) is 0.176. The summed E-state index contributed by atoms with van der Waals surface area (Å²) in [6, 6.07) is 11.8. The molecule has 1 amide bonds. The lowest BCUT2D eigenvalue weighted by atomic mass is 10.1. The smallest absolute Gasteiger partial charge is 0.226 e. The SMILES string of the molecule is CCNC(=O)Cc1c(-c2ccc(I)cc2)nc2ccc(Cl)cn12. The molecule has 0 spiro atoms. The van der Waals surface area contributed by atoms with Crippen LogP contribution in [-0.2, 0) is 11.2 Å². The topological polar surface area (TPSA) is 46.4 Å². The second-order valence-corrected chi connectivity index (χ2v) is 6.80. The molecule has 0 saturated carbocycles. The van der Waals surface area contributed by atoms with Gasteiger partial charge in [0, 0.05) is 21.9 Å². The molecule has 3 rings (SSSR count). The van der Waals surface area contributed by atoms with Gasteiger partial charge in [-0.15, -0.1) is 0 Å². The van der Waals surface area contributed by atoms with Crippen molar-refractivity contribution in [2.24, 2.45) is 0 Å². The molecule has 0 saturated heterocycles. The number of carbonyl (C=O) groups is 1. The predicted molar refractivity (Wildman–Crippen MR) is 101 cm³/mol. The molecule has 1 N–H and O–H groups in total. The van der Waals surface area contributed by atoms with Gasteiger partial charge in [-0.05, 0) is 53.8 Å². The van der Waals surface area contributed by atoms with E-state index < -0.39 is 0 Å². The van der Waals surface area contributed by atoms with E-state index in [2.05, 4.69) is 32.9 Å². The fourth-order valence-electron chi connectivity index (χ4n) is 2.49. The molecular formula is C17H15ClIN3O. The summed E-state index contributed by atoms with van der Waals surface area (Å²) in [5.74, 6) is -0.0268. The summed E-state index contributed by atoms with van der Waals surface area (Å²) in [5, 5.41) is 3.45. The first-order chi connectivity index (χ1) is 11.1. The van der Waals surface area contributed by atoms with E-state index in [-0.39, 0.29) is 12.3 Å². The minimum atomic E-state index is -0.0268. The number of halogens is 2. The van der Waals surface area contributed by atoms with Crippen LogP contribution in [0.15, 0.2) is 42.6 Å². The third kappa shape index (κ3) is 3.50. The zero-order valence-electron chi connectivity index (χ0n) is 12.5. The highest BCUT2D eigenvalue weighted by Crippen LogP contribution is 2.26. The number of likely N-dealkylation sites (N-methyl/N-ethyl adjacent to an activating group) is 1. The molecule has 0 unspecified atom stereocenters. The Labute approximate surface area is 153 Å². The molecule has 118 valence electrons. The maximum absolute atomic E-state index is 12.1. The van der Waals surface area contributed by atoms with Crippen LogP contribution in [0.2, 0.25) is 5.02 Å². The molecule has 2 aromatic heterocycles. The molecule has 0 fully saturated rings. The predicted octanol–water partition coefficient (Wildman–Crippen LogP) is 3.94. The van der Waals surface area contributed by atoms with Crippen LogP contribution in [0.5, 0.6) is 0 Å². The Hall–Kier alpha value is -1.60. The van der Waals surface area contributed by atoms with Crippen LogP contribution in [0.4, 0.5) is 0 Å². The molecule has 23 heavy (non-hydrogen) atoms. The van der Waals surface area contributed by atoms with E-state index in [1.54, 1.807) is 12.3 Å². The molecule has 0 radical (unpaired) electrons. The lowest BCUT2D eigenvalue weighted by molar-refractivity contribution is -0.120. The van der Waals surface area contributed by atoms with Crippen molar-refractivity contribution in [2.45, 2.75) is 13.3 Å². The fourth-order valence-corrected chi connectivity index (χ4v) is 3.01. The normalized spacial score (nSPS) is 10.9. The number of imidazole rings is 1. The van der Waals surface area contributed by atoms with E-state index in [0.717, 1.165) is 26.2 Å². The van der Waals surface area contributed by atoms with E-state index in [9.17, 15) is 4.79 Å². The molecule has 1 aromatic carbocycles. The largest absolute Gasteiger partial charge is 0.356 e. The average molecular weight is 440 g/mol. The molecule has 0 atom stereocenters. The van der Waals surface area contributed by atoms with E-state index in [1.165, 1.54) is 0 Å². The van der Waals surface area contributed by atoms with Crippen molar-refractivity contribution < 1.29 is 4.79 Å². The Balaban J connectivity index is 2.15. The number of pyridine rings is 1. The van der Waals surface area contributed by atoms with Gasteiger partial charge in [0.2, 0.25) is 5.91 Å². The molecule has 2 heterocycles. The Morgan fingerprint density at radius 3 is 2.70 bits per heavy atom. The number of carbonyl (C=O) groups excluding carboxylic acids is 1. The van der Waals surface area contributed by atoms with Crippen LogP contribution >= 0.6 is 34.2 Å². The standard InChI is InChI=1S/C17H15ClIN3O/c1-2-20-16(23)9-14-17(11-3-6-13(19)7-4-11)21-15-8-5-12(18)10-22(14)15/h3-8,10H,2,9H2,1H3,(H,20,23). The number of fused-ring (bicyclic) bond motifs is 1. The van der Waals surface area contributed by atoms with Crippen LogP contribution in [0.1, 0.15) is 12.6 Å². The van der Waals surface area contributed by atoms with Crippen molar-refractivity contribution in [3.05, 3.63) is 56.9 Å². The number of rotatable bonds is 4. The van der Waals surface area contributed by atoms with Crippen LogP contribution < -0.4 is 5.32 Å². The minimum Gasteiger partial charge on any atom is -0.356 e. The number of nitrogens with one attached hydrogen (secondary N) is 1.